The minimum absolute atomic E-state index is 0.593. The number of hydrogen-bond acceptors (Lipinski definition) is 5. The van der Waals surface area contributed by atoms with E-state index < -0.39 is 0 Å². The van der Waals surface area contributed by atoms with Crippen LogP contribution in [0.1, 0.15) is 36.9 Å². The number of rotatable bonds is 3. The second-order valence-corrected chi connectivity index (χ2v) is 5.74. The maximum atomic E-state index is 4.71. The fraction of sp³-hybridized carbons (Fsp3) is 0.714. The Morgan fingerprint density at radius 1 is 1.21 bits per heavy atom. The summed E-state index contributed by atoms with van der Waals surface area (Å²) < 4.78 is 0. The van der Waals surface area contributed by atoms with E-state index in [1.54, 1.807) is 0 Å². The lowest BCUT2D eigenvalue weighted by atomic mass is 10.1. The van der Waals surface area contributed by atoms with Gasteiger partial charge in [-0.3, -0.25) is 0 Å². The van der Waals surface area contributed by atoms with Crippen molar-refractivity contribution < 1.29 is 0 Å². The topological polar surface area (TPSA) is 53.1 Å². The third kappa shape index (κ3) is 2.66. The SMILES string of the molecule is CN(C)c1nc2c(c(NC3CCCC3)n1)CNCC2. The van der Waals surface area contributed by atoms with Gasteiger partial charge in [-0.2, -0.15) is 4.98 Å². The van der Waals surface area contributed by atoms with Gasteiger partial charge < -0.3 is 15.5 Å². The summed E-state index contributed by atoms with van der Waals surface area (Å²) in [7, 11) is 4.00. The van der Waals surface area contributed by atoms with Crippen LogP contribution in [0.3, 0.4) is 0 Å². The molecule has 2 N–H and O–H groups in total. The van der Waals surface area contributed by atoms with Gasteiger partial charge in [0, 0.05) is 45.2 Å². The first kappa shape index (κ1) is 12.7. The molecule has 3 rings (SSSR count). The Kier molecular flexibility index (Phi) is 3.55. The van der Waals surface area contributed by atoms with Crippen LogP contribution in [0.15, 0.2) is 0 Å². The van der Waals surface area contributed by atoms with Crippen molar-refractivity contribution in [2.75, 3.05) is 30.9 Å². The van der Waals surface area contributed by atoms with E-state index in [0.717, 1.165) is 31.3 Å². The lowest BCUT2D eigenvalue weighted by Gasteiger charge is -2.24. The van der Waals surface area contributed by atoms with Crippen molar-refractivity contribution in [2.45, 2.75) is 44.7 Å². The lowest BCUT2D eigenvalue weighted by Crippen LogP contribution is -2.29. The molecule has 5 heteroatoms. The Hall–Kier alpha value is -1.36. The van der Waals surface area contributed by atoms with Crippen LogP contribution in [0.2, 0.25) is 0 Å². The first-order chi connectivity index (χ1) is 9.24. The highest BCUT2D eigenvalue weighted by Gasteiger charge is 2.21. The summed E-state index contributed by atoms with van der Waals surface area (Å²) in [6.07, 6.45) is 6.21. The summed E-state index contributed by atoms with van der Waals surface area (Å²) in [4.78, 5) is 11.4. The minimum atomic E-state index is 0.593. The van der Waals surface area contributed by atoms with E-state index in [9.17, 15) is 0 Å². The zero-order chi connectivity index (χ0) is 13.2. The Morgan fingerprint density at radius 3 is 2.74 bits per heavy atom. The highest BCUT2D eigenvalue weighted by atomic mass is 15.2. The molecule has 0 saturated heterocycles. The summed E-state index contributed by atoms with van der Waals surface area (Å²) in [6.45, 7) is 1.90. The van der Waals surface area contributed by atoms with Gasteiger partial charge in [0.1, 0.15) is 5.82 Å². The van der Waals surface area contributed by atoms with Crippen molar-refractivity contribution in [3.8, 4) is 0 Å². The van der Waals surface area contributed by atoms with E-state index in [1.807, 2.05) is 19.0 Å². The second-order valence-electron chi connectivity index (χ2n) is 5.74. The third-order valence-corrected chi connectivity index (χ3v) is 4.02. The normalized spacial score (nSPS) is 19.3. The Balaban J connectivity index is 1.92. The number of anilines is 2. The summed E-state index contributed by atoms with van der Waals surface area (Å²) in [5.74, 6) is 1.87. The van der Waals surface area contributed by atoms with Gasteiger partial charge >= 0.3 is 0 Å². The molecular formula is C14H23N5. The molecule has 1 aliphatic heterocycles. The largest absolute Gasteiger partial charge is 0.367 e. The van der Waals surface area contributed by atoms with Gasteiger partial charge in [0.2, 0.25) is 5.95 Å². The van der Waals surface area contributed by atoms with Gasteiger partial charge in [-0.25, -0.2) is 4.98 Å². The van der Waals surface area contributed by atoms with Gasteiger partial charge in [0.15, 0.2) is 0 Å². The van der Waals surface area contributed by atoms with Gasteiger partial charge in [0.25, 0.3) is 0 Å². The average molecular weight is 261 g/mol. The first-order valence-corrected chi connectivity index (χ1v) is 7.28. The lowest BCUT2D eigenvalue weighted by molar-refractivity contribution is 0.623. The zero-order valence-electron chi connectivity index (χ0n) is 11.9. The summed E-state index contributed by atoms with van der Waals surface area (Å²) in [5, 5.41) is 7.07. The number of aromatic nitrogens is 2. The molecule has 1 aromatic rings. The molecule has 0 radical (unpaired) electrons. The molecule has 0 amide bonds. The van der Waals surface area contributed by atoms with Crippen molar-refractivity contribution in [3.63, 3.8) is 0 Å². The van der Waals surface area contributed by atoms with Gasteiger partial charge in [0.05, 0.1) is 5.69 Å². The van der Waals surface area contributed by atoms with Crippen LogP contribution >= 0.6 is 0 Å². The number of fused-ring (bicyclic) bond motifs is 1. The predicted molar refractivity (Wildman–Crippen MR) is 77.6 cm³/mol. The van der Waals surface area contributed by atoms with E-state index in [0.29, 0.717) is 6.04 Å². The van der Waals surface area contributed by atoms with Gasteiger partial charge in [-0.05, 0) is 12.8 Å². The molecule has 1 fully saturated rings. The van der Waals surface area contributed by atoms with E-state index in [4.69, 9.17) is 4.98 Å². The van der Waals surface area contributed by atoms with Crippen molar-refractivity contribution in [3.05, 3.63) is 11.3 Å². The van der Waals surface area contributed by atoms with Crippen LogP contribution in [0.5, 0.6) is 0 Å². The smallest absolute Gasteiger partial charge is 0.227 e. The molecule has 1 aromatic heterocycles. The van der Waals surface area contributed by atoms with Crippen LogP contribution in [0, 0.1) is 0 Å². The quantitative estimate of drug-likeness (QED) is 0.864. The van der Waals surface area contributed by atoms with Crippen LogP contribution < -0.4 is 15.5 Å². The van der Waals surface area contributed by atoms with Crippen LogP contribution in [0.25, 0.3) is 0 Å². The Morgan fingerprint density at radius 2 is 2.00 bits per heavy atom. The highest BCUT2D eigenvalue weighted by molar-refractivity contribution is 5.52. The molecular weight excluding hydrogens is 238 g/mol. The van der Waals surface area contributed by atoms with Crippen LogP contribution in [0.4, 0.5) is 11.8 Å². The molecule has 2 aliphatic rings. The number of nitrogens with one attached hydrogen (secondary N) is 2. The number of nitrogens with zero attached hydrogens (tertiary/aromatic N) is 3. The molecule has 1 saturated carbocycles. The third-order valence-electron chi connectivity index (χ3n) is 4.02. The van der Waals surface area contributed by atoms with Crippen LogP contribution in [-0.4, -0.2) is 36.6 Å². The monoisotopic (exact) mass is 261 g/mol. The zero-order valence-corrected chi connectivity index (χ0v) is 11.9. The fourth-order valence-corrected chi connectivity index (χ4v) is 2.91. The van der Waals surface area contributed by atoms with Crippen LogP contribution in [-0.2, 0) is 13.0 Å². The molecule has 0 atom stereocenters. The Bertz CT molecular complexity index is 451. The molecule has 0 bridgehead atoms. The first-order valence-electron chi connectivity index (χ1n) is 7.28. The van der Waals surface area contributed by atoms with E-state index in [2.05, 4.69) is 15.6 Å². The fourth-order valence-electron chi connectivity index (χ4n) is 2.91. The molecule has 2 heterocycles. The molecule has 0 unspecified atom stereocenters. The molecule has 0 aromatic carbocycles. The molecule has 0 spiro atoms. The van der Waals surface area contributed by atoms with Gasteiger partial charge in [-0.15, -0.1) is 0 Å². The summed E-state index contributed by atoms with van der Waals surface area (Å²) in [6, 6.07) is 0.593. The molecule has 104 valence electrons. The van der Waals surface area contributed by atoms with E-state index >= 15 is 0 Å². The standard InChI is InChI=1S/C14H23N5/c1-19(2)14-17-12-7-8-15-9-11(12)13(18-14)16-10-5-3-4-6-10/h10,15H,3-9H2,1-2H3,(H,16,17,18). The van der Waals surface area contributed by atoms with Crippen molar-refractivity contribution in [1.82, 2.24) is 15.3 Å². The second kappa shape index (κ2) is 5.33. The Labute approximate surface area is 114 Å². The van der Waals surface area contributed by atoms with Crippen molar-refractivity contribution in [1.29, 1.82) is 0 Å². The van der Waals surface area contributed by atoms with Gasteiger partial charge in [-0.1, -0.05) is 12.8 Å². The molecule has 5 nitrogen and oxygen atoms in total. The average Bonchev–Trinajstić information content (AvgIpc) is 2.91. The summed E-state index contributed by atoms with van der Waals surface area (Å²) >= 11 is 0. The van der Waals surface area contributed by atoms with Crippen molar-refractivity contribution in [2.24, 2.45) is 0 Å². The predicted octanol–water partition coefficient (Wildman–Crippen LogP) is 1.54. The maximum absolute atomic E-state index is 4.71. The number of hydrogen-bond donors (Lipinski definition) is 2. The summed E-state index contributed by atoms with van der Waals surface area (Å²) in [5.41, 5.74) is 2.47. The van der Waals surface area contributed by atoms with E-state index in [1.165, 1.54) is 36.9 Å². The van der Waals surface area contributed by atoms with Crippen molar-refractivity contribution >= 4 is 11.8 Å². The maximum Gasteiger partial charge on any atom is 0.227 e. The molecule has 1 aliphatic carbocycles. The minimum Gasteiger partial charge on any atom is -0.367 e. The molecule has 19 heavy (non-hydrogen) atoms. The highest BCUT2D eigenvalue weighted by Crippen LogP contribution is 2.27. The van der Waals surface area contributed by atoms with E-state index in [-0.39, 0.29) is 0 Å².